The van der Waals surface area contributed by atoms with Crippen LogP contribution in [0.1, 0.15) is 44.0 Å². The van der Waals surface area contributed by atoms with Gasteiger partial charge < -0.3 is 9.88 Å². The van der Waals surface area contributed by atoms with Gasteiger partial charge in [-0.2, -0.15) is 0 Å². The maximum atomic E-state index is 4.47. The molecule has 0 aromatic carbocycles. The van der Waals surface area contributed by atoms with E-state index in [9.17, 15) is 0 Å². The van der Waals surface area contributed by atoms with Gasteiger partial charge in [-0.05, 0) is 75.7 Å². The van der Waals surface area contributed by atoms with Gasteiger partial charge in [0.1, 0.15) is 5.82 Å². The van der Waals surface area contributed by atoms with Crippen LogP contribution in [0.3, 0.4) is 0 Å². The van der Waals surface area contributed by atoms with E-state index in [1.807, 2.05) is 6.20 Å². The van der Waals surface area contributed by atoms with Gasteiger partial charge in [0.2, 0.25) is 0 Å². The summed E-state index contributed by atoms with van der Waals surface area (Å²) in [6.07, 6.45) is 11.7. The Balaban J connectivity index is 1.65. The lowest BCUT2D eigenvalue weighted by Gasteiger charge is -2.56. The van der Waals surface area contributed by atoms with Crippen molar-refractivity contribution in [3.8, 4) is 0 Å². The Kier molecular flexibility index (Phi) is 3.13. The van der Waals surface area contributed by atoms with Crippen LogP contribution in [0.5, 0.6) is 0 Å². The molecule has 1 aromatic heterocycles. The fraction of sp³-hybridized carbons (Fsp3) is 0.824. The minimum absolute atomic E-state index is 0.609. The second-order valence-electron chi connectivity index (χ2n) is 7.51. The Bertz CT molecular complexity index is 450. The topological polar surface area (TPSA) is 29.9 Å². The zero-order valence-electron chi connectivity index (χ0n) is 12.8. The van der Waals surface area contributed by atoms with Crippen LogP contribution in [-0.4, -0.2) is 23.1 Å². The summed E-state index contributed by atoms with van der Waals surface area (Å²) in [6, 6.07) is 0.609. The van der Waals surface area contributed by atoms with Crippen molar-refractivity contribution < 1.29 is 0 Å². The molecule has 20 heavy (non-hydrogen) atoms. The van der Waals surface area contributed by atoms with E-state index in [1.54, 1.807) is 6.42 Å². The highest BCUT2D eigenvalue weighted by molar-refractivity contribution is 5.04. The normalized spacial score (nSPS) is 40.2. The molecule has 4 saturated carbocycles. The highest BCUT2D eigenvalue weighted by Crippen LogP contribution is 2.59. The second-order valence-corrected chi connectivity index (χ2v) is 7.51. The first kappa shape index (κ1) is 12.9. The lowest BCUT2D eigenvalue weighted by molar-refractivity contribution is -0.0581. The van der Waals surface area contributed by atoms with E-state index >= 15 is 0 Å². The van der Waals surface area contributed by atoms with E-state index in [4.69, 9.17) is 0 Å². The molecule has 3 nitrogen and oxygen atoms in total. The standard InChI is InChI=1S/C17H27N3/c1-11-19-3-4-20(11)16(10-18-2)17-14-6-12-5-13(8-14)9-15(17)7-12/h3-4,12-18H,5-10H2,1-2H3. The maximum Gasteiger partial charge on any atom is 0.105 e. The van der Waals surface area contributed by atoms with E-state index in [0.717, 1.165) is 36.1 Å². The summed E-state index contributed by atoms with van der Waals surface area (Å²) >= 11 is 0. The number of rotatable bonds is 4. The molecule has 1 N–H and O–H groups in total. The van der Waals surface area contributed by atoms with Crippen LogP contribution in [0.25, 0.3) is 0 Å². The molecule has 0 spiro atoms. The molecule has 3 heteroatoms. The molecule has 1 unspecified atom stereocenters. The van der Waals surface area contributed by atoms with Crippen molar-refractivity contribution in [1.82, 2.24) is 14.9 Å². The number of likely N-dealkylation sites (N-methyl/N-ethyl adjacent to an activating group) is 1. The van der Waals surface area contributed by atoms with Gasteiger partial charge in [-0.3, -0.25) is 0 Å². The molecule has 5 rings (SSSR count). The molecule has 1 aromatic rings. The first-order valence-corrected chi connectivity index (χ1v) is 8.40. The minimum atomic E-state index is 0.609. The molecule has 4 bridgehead atoms. The Morgan fingerprint density at radius 3 is 2.35 bits per heavy atom. The number of imidazole rings is 1. The number of aromatic nitrogens is 2. The van der Waals surface area contributed by atoms with Gasteiger partial charge in [0.25, 0.3) is 0 Å². The van der Waals surface area contributed by atoms with Crippen LogP contribution >= 0.6 is 0 Å². The van der Waals surface area contributed by atoms with Crippen molar-refractivity contribution in [2.75, 3.05) is 13.6 Å². The molecule has 0 amide bonds. The van der Waals surface area contributed by atoms with Crippen LogP contribution in [0.15, 0.2) is 12.4 Å². The summed E-state index contributed by atoms with van der Waals surface area (Å²) < 4.78 is 2.45. The van der Waals surface area contributed by atoms with Crippen molar-refractivity contribution in [3.05, 3.63) is 18.2 Å². The summed E-state index contributed by atoms with van der Waals surface area (Å²) in [6.45, 7) is 3.24. The van der Waals surface area contributed by atoms with Crippen LogP contribution in [0.2, 0.25) is 0 Å². The summed E-state index contributed by atoms with van der Waals surface area (Å²) in [4.78, 5) is 4.47. The third-order valence-electron chi connectivity index (χ3n) is 6.38. The van der Waals surface area contributed by atoms with Gasteiger partial charge in [-0.1, -0.05) is 0 Å². The van der Waals surface area contributed by atoms with Crippen LogP contribution < -0.4 is 5.32 Å². The number of aryl methyl sites for hydroxylation is 1. The lowest BCUT2D eigenvalue weighted by Crippen LogP contribution is -2.49. The van der Waals surface area contributed by atoms with Crippen molar-refractivity contribution in [1.29, 1.82) is 0 Å². The molecular formula is C17H27N3. The Morgan fingerprint density at radius 2 is 1.85 bits per heavy atom. The molecular weight excluding hydrogens is 246 g/mol. The average molecular weight is 273 g/mol. The lowest BCUT2D eigenvalue weighted by atomic mass is 9.50. The zero-order chi connectivity index (χ0) is 13.7. The van der Waals surface area contributed by atoms with Crippen molar-refractivity contribution in [2.24, 2.45) is 29.6 Å². The predicted molar refractivity (Wildman–Crippen MR) is 80.5 cm³/mol. The fourth-order valence-corrected chi connectivity index (χ4v) is 5.96. The Labute approximate surface area is 122 Å². The number of nitrogens with zero attached hydrogens (tertiary/aromatic N) is 2. The number of hydrogen-bond acceptors (Lipinski definition) is 2. The summed E-state index contributed by atoms with van der Waals surface area (Å²) in [5.74, 6) is 6.14. The monoisotopic (exact) mass is 273 g/mol. The molecule has 4 aliphatic carbocycles. The van der Waals surface area contributed by atoms with Crippen molar-refractivity contribution >= 4 is 0 Å². The van der Waals surface area contributed by atoms with Gasteiger partial charge in [0.05, 0.1) is 6.04 Å². The van der Waals surface area contributed by atoms with Crippen LogP contribution in [0.4, 0.5) is 0 Å². The summed E-state index contributed by atoms with van der Waals surface area (Å²) in [5.41, 5.74) is 0. The summed E-state index contributed by atoms with van der Waals surface area (Å²) in [7, 11) is 2.09. The fourth-order valence-electron chi connectivity index (χ4n) is 5.96. The molecule has 4 aliphatic rings. The highest BCUT2D eigenvalue weighted by Gasteiger charge is 2.50. The molecule has 4 fully saturated rings. The largest absolute Gasteiger partial charge is 0.331 e. The quantitative estimate of drug-likeness (QED) is 0.914. The first-order chi connectivity index (χ1) is 9.76. The molecule has 1 heterocycles. The highest BCUT2D eigenvalue weighted by atomic mass is 15.1. The molecule has 1 atom stereocenters. The van der Waals surface area contributed by atoms with E-state index < -0.39 is 0 Å². The smallest absolute Gasteiger partial charge is 0.105 e. The number of hydrogen-bond donors (Lipinski definition) is 1. The van der Waals surface area contributed by atoms with E-state index in [1.165, 1.54) is 31.5 Å². The van der Waals surface area contributed by atoms with Gasteiger partial charge in [0, 0.05) is 18.9 Å². The Morgan fingerprint density at radius 1 is 1.20 bits per heavy atom. The third-order valence-corrected chi connectivity index (χ3v) is 6.38. The first-order valence-electron chi connectivity index (χ1n) is 8.40. The van der Waals surface area contributed by atoms with Gasteiger partial charge in [-0.15, -0.1) is 0 Å². The average Bonchev–Trinajstić information content (AvgIpc) is 2.82. The summed E-state index contributed by atoms with van der Waals surface area (Å²) in [5, 5.41) is 3.44. The van der Waals surface area contributed by atoms with E-state index in [2.05, 4.69) is 35.0 Å². The van der Waals surface area contributed by atoms with E-state index in [0.29, 0.717) is 6.04 Å². The number of nitrogens with one attached hydrogen (secondary N) is 1. The zero-order valence-corrected chi connectivity index (χ0v) is 12.8. The van der Waals surface area contributed by atoms with Gasteiger partial charge in [0.15, 0.2) is 0 Å². The van der Waals surface area contributed by atoms with E-state index in [-0.39, 0.29) is 0 Å². The molecule has 110 valence electrons. The van der Waals surface area contributed by atoms with Crippen molar-refractivity contribution in [3.63, 3.8) is 0 Å². The molecule has 0 saturated heterocycles. The SMILES string of the molecule is CNCC(C1C2CC3CC(C2)CC1C3)n1ccnc1C. The molecule has 0 radical (unpaired) electrons. The third kappa shape index (κ3) is 1.93. The maximum absolute atomic E-state index is 4.47. The predicted octanol–water partition coefficient (Wildman–Crippen LogP) is 3.02. The van der Waals surface area contributed by atoms with Crippen molar-refractivity contribution in [2.45, 2.75) is 45.1 Å². The second kappa shape index (κ2) is 4.87. The molecule has 0 aliphatic heterocycles. The minimum Gasteiger partial charge on any atom is -0.331 e. The van der Waals surface area contributed by atoms with Crippen LogP contribution in [-0.2, 0) is 0 Å². The van der Waals surface area contributed by atoms with Gasteiger partial charge in [-0.25, -0.2) is 4.98 Å². The Hall–Kier alpha value is -0.830. The van der Waals surface area contributed by atoms with Gasteiger partial charge >= 0.3 is 0 Å². The van der Waals surface area contributed by atoms with Crippen LogP contribution in [0, 0.1) is 36.5 Å².